The van der Waals surface area contributed by atoms with Gasteiger partial charge in [0.2, 0.25) is 0 Å². The van der Waals surface area contributed by atoms with Crippen molar-refractivity contribution >= 4 is 37.4 Å². The summed E-state index contributed by atoms with van der Waals surface area (Å²) < 4.78 is 8.13. The average molecular weight is 350 g/mol. The molecule has 0 saturated heterocycles. The van der Waals surface area contributed by atoms with Crippen molar-refractivity contribution in [2.24, 2.45) is 0 Å². The molecule has 2 nitrogen and oxygen atoms in total. The van der Waals surface area contributed by atoms with Crippen molar-refractivity contribution < 1.29 is 4.42 Å². The molecule has 0 saturated carbocycles. The van der Waals surface area contributed by atoms with Crippen LogP contribution in [0.3, 0.4) is 0 Å². The molecule has 2 heterocycles. The molecular weight excluding hydrogens is 334 g/mol. The Labute approximate surface area is 130 Å². The molecule has 0 aliphatic rings. The zero-order chi connectivity index (χ0) is 14.3. The standard InChI is InChI=1S/C16H16BrNOS/c1-9-7-12(10(2)19-9)15(18-3)13-8-20-16-11(13)5-4-6-14(16)17/h4-8,15,18H,1-3H3. The summed E-state index contributed by atoms with van der Waals surface area (Å²) in [6.45, 7) is 4.02. The van der Waals surface area contributed by atoms with Crippen molar-refractivity contribution in [1.29, 1.82) is 0 Å². The third kappa shape index (κ3) is 2.22. The Morgan fingerprint density at radius 2 is 2.05 bits per heavy atom. The van der Waals surface area contributed by atoms with Crippen LogP contribution in [0.1, 0.15) is 28.7 Å². The Morgan fingerprint density at radius 3 is 2.70 bits per heavy atom. The largest absolute Gasteiger partial charge is 0.466 e. The van der Waals surface area contributed by atoms with E-state index in [4.69, 9.17) is 4.42 Å². The minimum atomic E-state index is 0.162. The van der Waals surface area contributed by atoms with Gasteiger partial charge < -0.3 is 9.73 Å². The minimum absolute atomic E-state index is 0.162. The van der Waals surface area contributed by atoms with Crippen molar-refractivity contribution in [3.8, 4) is 0 Å². The summed E-state index contributed by atoms with van der Waals surface area (Å²) in [6, 6.07) is 8.64. The number of halogens is 1. The number of fused-ring (bicyclic) bond motifs is 1. The van der Waals surface area contributed by atoms with E-state index < -0.39 is 0 Å². The van der Waals surface area contributed by atoms with Crippen LogP contribution in [0, 0.1) is 13.8 Å². The summed E-state index contributed by atoms with van der Waals surface area (Å²) in [5.74, 6) is 1.94. The highest BCUT2D eigenvalue weighted by molar-refractivity contribution is 9.10. The van der Waals surface area contributed by atoms with Crippen LogP contribution >= 0.6 is 27.3 Å². The first-order chi connectivity index (χ1) is 9.61. The average Bonchev–Trinajstić information content (AvgIpc) is 2.97. The summed E-state index contributed by atoms with van der Waals surface area (Å²) in [5, 5.41) is 6.95. The summed E-state index contributed by atoms with van der Waals surface area (Å²) in [6.07, 6.45) is 0. The number of aryl methyl sites for hydroxylation is 2. The number of thiophene rings is 1. The first kappa shape index (κ1) is 13.9. The van der Waals surface area contributed by atoms with Crippen molar-refractivity contribution in [2.45, 2.75) is 19.9 Å². The zero-order valence-corrected chi connectivity index (χ0v) is 14.1. The van der Waals surface area contributed by atoms with Gasteiger partial charge in [-0.1, -0.05) is 12.1 Å². The van der Waals surface area contributed by atoms with E-state index in [2.05, 4.69) is 50.9 Å². The second kappa shape index (κ2) is 5.35. The maximum absolute atomic E-state index is 5.69. The maximum Gasteiger partial charge on any atom is 0.106 e. The minimum Gasteiger partial charge on any atom is -0.466 e. The van der Waals surface area contributed by atoms with E-state index in [1.165, 1.54) is 21.2 Å². The predicted octanol–water partition coefficient (Wildman–Crippen LogP) is 5.18. The van der Waals surface area contributed by atoms with Crippen molar-refractivity contribution in [2.75, 3.05) is 7.05 Å². The Balaban J connectivity index is 2.17. The Hall–Kier alpha value is -1.10. The molecule has 1 N–H and O–H groups in total. The lowest BCUT2D eigenvalue weighted by molar-refractivity contribution is 0.497. The molecule has 0 aliphatic heterocycles. The van der Waals surface area contributed by atoms with Gasteiger partial charge in [0.1, 0.15) is 11.5 Å². The van der Waals surface area contributed by atoms with Crippen LogP contribution in [-0.4, -0.2) is 7.05 Å². The molecule has 3 rings (SSSR count). The Kier molecular flexibility index (Phi) is 3.71. The van der Waals surface area contributed by atoms with E-state index >= 15 is 0 Å². The Bertz CT molecular complexity index is 759. The van der Waals surface area contributed by atoms with Gasteiger partial charge in [0.15, 0.2) is 0 Å². The van der Waals surface area contributed by atoms with Gasteiger partial charge in [0.25, 0.3) is 0 Å². The molecule has 3 aromatic rings. The fourth-order valence-electron chi connectivity index (χ4n) is 2.68. The van der Waals surface area contributed by atoms with E-state index in [1.54, 1.807) is 11.3 Å². The molecule has 0 spiro atoms. The lowest BCUT2D eigenvalue weighted by atomic mass is 9.98. The van der Waals surface area contributed by atoms with E-state index in [9.17, 15) is 0 Å². The molecule has 0 radical (unpaired) electrons. The van der Waals surface area contributed by atoms with Crippen LogP contribution in [0.2, 0.25) is 0 Å². The van der Waals surface area contributed by atoms with Gasteiger partial charge in [-0.05, 0) is 65.3 Å². The zero-order valence-electron chi connectivity index (χ0n) is 11.7. The molecule has 1 aromatic carbocycles. The third-order valence-corrected chi connectivity index (χ3v) is 5.54. The molecular formula is C16H16BrNOS. The van der Waals surface area contributed by atoms with Crippen molar-refractivity contribution in [1.82, 2.24) is 5.32 Å². The normalized spacial score (nSPS) is 13.0. The molecule has 0 bridgehead atoms. The topological polar surface area (TPSA) is 25.2 Å². The lowest BCUT2D eigenvalue weighted by Crippen LogP contribution is -2.17. The van der Waals surface area contributed by atoms with Crippen LogP contribution in [-0.2, 0) is 0 Å². The third-order valence-electron chi connectivity index (χ3n) is 3.57. The van der Waals surface area contributed by atoms with Crippen molar-refractivity contribution in [3.05, 3.63) is 56.8 Å². The highest BCUT2D eigenvalue weighted by Gasteiger charge is 2.21. The molecule has 104 valence electrons. The van der Waals surface area contributed by atoms with Crippen molar-refractivity contribution in [3.63, 3.8) is 0 Å². The van der Waals surface area contributed by atoms with Crippen LogP contribution < -0.4 is 5.32 Å². The number of hydrogen-bond donors (Lipinski definition) is 1. The molecule has 0 fully saturated rings. The van der Waals surface area contributed by atoms with Crippen LogP contribution in [0.15, 0.2) is 38.5 Å². The number of nitrogens with one attached hydrogen (secondary N) is 1. The van der Waals surface area contributed by atoms with E-state index in [-0.39, 0.29) is 6.04 Å². The first-order valence-electron chi connectivity index (χ1n) is 6.51. The van der Waals surface area contributed by atoms with Crippen LogP contribution in [0.4, 0.5) is 0 Å². The Morgan fingerprint density at radius 1 is 1.25 bits per heavy atom. The van der Waals surface area contributed by atoms with E-state index in [0.717, 1.165) is 16.0 Å². The highest BCUT2D eigenvalue weighted by atomic mass is 79.9. The molecule has 0 amide bonds. The summed E-state index contributed by atoms with van der Waals surface area (Å²) in [7, 11) is 1.99. The molecule has 1 unspecified atom stereocenters. The number of benzene rings is 1. The predicted molar refractivity (Wildman–Crippen MR) is 88.6 cm³/mol. The van der Waals surface area contributed by atoms with E-state index in [0.29, 0.717) is 0 Å². The molecule has 20 heavy (non-hydrogen) atoms. The maximum atomic E-state index is 5.69. The number of hydrogen-bond acceptors (Lipinski definition) is 3. The van der Waals surface area contributed by atoms with Gasteiger partial charge >= 0.3 is 0 Å². The number of rotatable bonds is 3. The number of furan rings is 1. The second-order valence-electron chi connectivity index (χ2n) is 4.90. The van der Waals surface area contributed by atoms with Gasteiger partial charge in [-0.25, -0.2) is 0 Å². The highest BCUT2D eigenvalue weighted by Crippen LogP contribution is 2.38. The van der Waals surface area contributed by atoms with Crippen LogP contribution in [0.25, 0.3) is 10.1 Å². The smallest absolute Gasteiger partial charge is 0.106 e. The second-order valence-corrected chi connectivity index (χ2v) is 6.63. The molecule has 2 aromatic heterocycles. The molecule has 0 aliphatic carbocycles. The van der Waals surface area contributed by atoms with Gasteiger partial charge in [0.05, 0.1) is 6.04 Å². The molecule has 4 heteroatoms. The molecule has 1 atom stereocenters. The van der Waals surface area contributed by atoms with Crippen LogP contribution in [0.5, 0.6) is 0 Å². The summed E-state index contributed by atoms with van der Waals surface area (Å²) >= 11 is 5.40. The van der Waals surface area contributed by atoms with Gasteiger partial charge in [-0.15, -0.1) is 11.3 Å². The summed E-state index contributed by atoms with van der Waals surface area (Å²) in [4.78, 5) is 0. The first-order valence-corrected chi connectivity index (χ1v) is 8.19. The monoisotopic (exact) mass is 349 g/mol. The fourth-order valence-corrected chi connectivity index (χ4v) is 4.33. The quantitative estimate of drug-likeness (QED) is 0.704. The lowest BCUT2D eigenvalue weighted by Gasteiger charge is -2.15. The summed E-state index contributed by atoms with van der Waals surface area (Å²) in [5.41, 5.74) is 2.52. The SMILES string of the molecule is CNC(c1cc(C)oc1C)c1csc2c(Br)cccc12. The van der Waals surface area contributed by atoms with E-state index in [1.807, 2.05) is 20.9 Å². The van der Waals surface area contributed by atoms with Gasteiger partial charge in [-0.2, -0.15) is 0 Å². The van der Waals surface area contributed by atoms with Gasteiger partial charge in [0, 0.05) is 14.7 Å². The van der Waals surface area contributed by atoms with Gasteiger partial charge in [-0.3, -0.25) is 0 Å². The fraction of sp³-hybridized carbons (Fsp3) is 0.250.